The van der Waals surface area contributed by atoms with Gasteiger partial charge in [-0.25, -0.2) is 0 Å². The van der Waals surface area contributed by atoms with E-state index in [9.17, 15) is 9.59 Å². The summed E-state index contributed by atoms with van der Waals surface area (Å²) in [5.74, 6) is -0.132. The van der Waals surface area contributed by atoms with Gasteiger partial charge in [-0.1, -0.05) is 0 Å². The highest BCUT2D eigenvalue weighted by molar-refractivity contribution is 5.73. The molecule has 0 aromatic heterocycles. The average Bonchev–Trinajstić information content (AvgIpc) is 2.60. The zero-order valence-corrected chi connectivity index (χ0v) is 9.28. The molecule has 0 spiro atoms. The van der Waals surface area contributed by atoms with Gasteiger partial charge in [-0.05, 0) is 6.42 Å². The van der Waals surface area contributed by atoms with Gasteiger partial charge in [-0.3, -0.25) is 9.59 Å². The highest BCUT2D eigenvalue weighted by Gasteiger charge is 2.23. The molecule has 1 heterocycles. The number of hydrogen-bond donors (Lipinski definition) is 1. The molecule has 1 atom stereocenters. The summed E-state index contributed by atoms with van der Waals surface area (Å²) in [6.07, 6.45) is 0.972. The van der Waals surface area contributed by atoms with Crippen LogP contribution in [0.1, 0.15) is 20.3 Å². The SMILES string of the molecule is CC(=O)OCCNC1CCN(C(C)=O)C1. The predicted molar refractivity (Wildman–Crippen MR) is 55.3 cm³/mol. The lowest BCUT2D eigenvalue weighted by Crippen LogP contribution is -2.36. The zero-order valence-electron chi connectivity index (χ0n) is 9.28. The van der Waals surface area contributed by atoms with E-state index in [-0.39, 0.29) is 11.9 Å². The van der Waals surface area contributed by atoms with Crippen molar-refractivity contribution in [3.05, 3.63) is 0 Å². The van der Waals surface area contributed by atoms with Crippen molar-refractivity contribution in [3.63, 3.8) is 0 Å². The fourth-order valence-corrected chi connectivity index (χ4v) is 1.67. The number of amides is 1. The van der Waals surface area contributed by atoms with Gasteiger partial charge in [0, 0.05) is 39.5 Å². The van der Waals surface area contributed by atoms with E-state index in [1.807, 2.05) is 4.90 Å². The quantitative estimate of drug-likeness (QED) is 0.518. The molecule has 5 heteroatoms. The standard InChI is InChI=1S/C10H18N2O3/c1-8(13)12-5-3-10(7-12)11-4-6-15-9(2)14/h10-11H,3-7H2,1-2H3. The Labute approximate surface area is 89.8 Å². The van der Waals surface area contributed by atoms with Crippen LogP contribution in [0.5, 0.6) is 0 Å². The molecule has 86 valence electrons. The van der Waals surface area contributed by atoms with Crippen LogP contribution in [0.2, 0.25) is 0 Å². The summed E-state index contributed by atoms with van der Waals surface area (Å²) in [5, 5.41) is 3.25. The first-order chi connectivity index (χ1) is 7.09. The minimum atomic E-state index is -0.256. The van der Waals surface area contributed by atoms with Gasteiger partial charge < -0.3 is 15.0 Å². The largest absolute Gasteiger partial charge is 0.465 e. The molecular formula is C10H18N2O3. The molecule has 0 aromatic carbocycles. The van der Waals surface area contributed by atoms with E-state index in [2.05, 4.69) is 5.32 Å². The summed E-state index contributed by atoms with van der Waals surface area (Å²) in [5.41, 5.74) is 0. The molecule has 1 aliphatic rings. The number of carbonyl (C=O) groups excluding carboxylic acids is 2. The van der Waals surface area contributed by atoms with Crippen LogP contribution in [0.15, 0.2) is 0 Å². The molecule has 0 radical (unpaired) electrons. The molecule has 0 aliphatic carbocycles. The van der Waals surface area contributed by atoms with E-state index < -0.39 is 0 Å². The normalized spacial score (nSPS) is 20.4. The van der Waals surface area contributed by atoms with E-state index in [4.69, 9.17) is 4.74 Å². The Morgan fingerprint density at radius 3 is 2.73 bits per heavy atom. The number of hydrogen-bond acceptors (Lipinski definition) is 4. The van der Waals surface area contributed by atoms with Crippen molar-refractivity contribution >= 4 is 11.9 Å². The number of likely N-dealkylation sites (tertiary alicyclic amines) is 1. The molecule has 1 amide bonds. The maximum Gasteiger partial charge on any atom is 0.302 e. The number of rotatable bonds is 4. The van der Waals surface area contributed by atoms with Crippen molar-refractivity contribution in [1.29, 1.82) is 0 Å². The Hall–Kier alpha value is -1.10. The van der Waals surface area contributed by atoms with Crippen molar-refractivity contribution in [1.82, 2.24) is 10.2 Å². The molecule has 0 bridgehead atoms. The van der Waals surface area contributed by atoms with Crippen LogP contribution < -0.4 is 5.32 Å². The van der Waals surface area contributed by atoms with Crippen molar-refractivity contribution in [3.8, 4) is 0 Å². The average molecular weight is 214 g/mol. The molecule has 1 rings (SSSR count). The fourth-order valence-electron chi connectivity index (χ4n) is 1.67. The van der Waals surface area contributed by atoms with Gasteiger partial charge in [-0.2, -0.15) is 0 Å². The molecular weight excluding hydrogens is 196 g/mol. The Morgan fingerprint density at radius 1 is 1.47 bits per heavy atom. The maximum atomic E-state index is 11.0. The first kappa shape index (κ1) is 12.0. The lowest BCUT2D eigenvalue weighted by molar-refractivity contribution is -0.140. The molecule has 1 N–H and O–H groups in total. The molecule has 1 unspecified atom stereocenters. The lowest BCUT2D eigenvalue weighted by Gasteiger charge is -2.14. The summed E-state index contributed by atoms with van der Waals surface area (Å²) in [6.45, 7) is 5.60. The molecule has 0 aromatic rings. The second kappa shape index (κ2) is 5.70. The Morgan fingerprint density at radius 2 is 2.20 bits per heavy atom. The van der Waals surface area contributed by atoms with E-state index in [1.165, 1.54) is 6.92 Å². The third-order valence-electron chi connectivity index (χ3n) is 2.47. The molecule has 1 fully saturated rings. The smallest absolute Gasteiger partial charge is 0.302 e. The van der Waals surface area contributed by atoms with Crippen molar-refractivity contribution in [2.24, 2.45) is 0 Å². The van der Waals surface area contributed by atoms with Crippen LogP contribution in [-0.2, 0) is 14.3 Å². The molecule has 1 aliphatic heterocycles. The Balaban J connectivity index is 2.09. The van der Waals surface area contributed by atoms with Crippen LogP contribution in [0.3, 0.4) is 0 Å². The van der Waals surface area contributed by atoms with E-state index in [1.54, 1.807) is 6.92 Å². The highest BCUT2D eigenvalue weighted by atomic mass is 16.5. The van der Waals surface area contributed by atoms with Crippen molar-refractivity contribution in [2.45, 2.75) is 26.3 Å². The second-order valence-corrected chi connectivity index (χ2v) is 3.74. The minimum Gasteiger partial charge on any atom is -0.465 e. The predicted octanol–water partition coefficient (Wildman–Crippen LogP) is -0.240. The Bertz CT molecular complexity index is 243. The minimum absolute atomic E-state index is 0.124. The monoisotopic (exact) mass is 214 g/mol. The first-order valence-electron chi connectivity index (χ1n) is 5.22. The van der Waals surface area contributed by atoms with E-state index in [0.717, 1.165) is 19.5 Å². The van der Waals surface area contributed by atoms with E-state index in [0.29, 0.717) is 19.2 Å². The second-order valence-electron chi connectivity index (χ2n) is 3.74. The third kappa shape index (κ3) is 4.29. The zero-order chi connectivity index (χ0) is 11.3. The maximum absolute atomic E-state index is 11.0. The summed E-state index contributed by atoms with van der Waals surface area (Å²) >= 11 is 0. The third-order valence-corrected chi connectivity index (χ3v) is 2.47. The van der Waals surface area contributed by atoms with Gasteiger partial charge in [0.25, 0.3) is 0 Å². The number of nitrogens with one attached hydrogen (secondary N) is 1. The van der Waals surface area contributed by atoms with Gasteiger partial charge in [0.15, 0.2) is 0 Å². The topological polar surface area (TPSA) is 58.6 Å². The van der Waals surface area contributed by atoms with E-state index >= 15 is 0 Å². The Kier molecular flexibility index (Phi) is 4.55. The van der Waals surface area contributed by atoms with Crippen LogP contribution in [0, 0.1) is 0 Å². The first-order valence-corrected chi connectivity index (χ1v) is 5.22. The molecule has 5 nitrogen and oxygen atoms in total. The van der Waals surface area contributed by atoms with Crippen LogP contribution in [0.4, 0.5) is 0 Å². The van der Waals surface area contributed by atoms with Gasteiger partial charge in [0.05, 0.1) is 0 Å². The van der Waals surface area contributed by atoms with Crippen LogP contribution >= 0.6 is 0 Å². The van der Waals surface area contributed by atoms with Gasteiger partial charge >= 0.3 is 5.97 Å². The summed E-state index contributed by atoms with van der Waals surface area (Å²) in [7, 11) is 0. The summed E-state index contributed by atoms with van der Waals surface area (Å²) in [6, 6.07) is 0.337. The van der Waals surface area contributed by atoms with Gasteiger partial charge in [0.2, 0.25) is 5.91 Å². The van der Waals surface area contributed by atoms with Crippen LogP contribution in [0.25, 0.3) is 0 Å². The number of esters is 1. The number of ether oxygens (including phenoxy) is 1. The van der Waals surface area contributed by atoms with Crippen molar-refractivity contribution < 1.29 is 14.3 Å². The molecule has 15 heavy (non-hydrogen) atoms. The fraction of sp³-hybridized carbons (Fsp3) is 0.800. The summed E-state index contributed by atoms with van der Waals surface area (Å²) in [4.78, 5) is 23.3. The number of carbonyl (C=O) groups is 2. The highest BCUT2D eigenvalue weighted by Crippen LogP contribution is 2.08. The molecule has 0 saturated carbocycles. The van der Waals surface area contributed by atoms with Gasteiger partial charge in [0.1, 0.15) is 6.61 Å². The molecule has 1 saturated heterocycles. The lowest BCUT2D eigenvalue weighted by atomic mass is 10.3. The van der Waals surface area contributed by atoms with Crippen LogP contribution in [-0.4, -0.2) is 49.1 Å². The van der Waals surface area contributed by atoms with Gasteiger partial charge in [-0.15, -0.1) is 0 Å². The summed E-state index contributed by atoms with van der Waals surface area (Å²) < 4.78 is 4.79. The number of nitrogens with zero attached hydrogens (tertiary/aromatic N) is 1. The van der Waals surface area contributed by atoms with Crippen molar-refractivity contribution in [2.75, 3.05) is 26.2 Å².